The molecule has 0 N–H and O–H groups in total. The van der Waals surface area contributed by atoms with Crippen molar-refractivity contribution in [1.82, 2.24) is 9.97 Å². The molecule has 10 nitrogen and oxygen atoms in total. The first kappa shape index (κ1) is 28.7. The number of hydrogen-bond acceptors (Lipinski definition) is 10. The van der Waals surface area contributed by atoms with Gasteiger partial charge in [0.05, 0.1) is 61.6 Å². The highest BCUT2D eigenvalue weighted by Gasteiger charge is 2.10. The first-order chi connectivity index (χ1) is 20.8. The third kappa shape index (κ3) is 9.12. The summed E-state index contributed by atoms with van der Waals surface area (Å²) in [5, 5.41) is 0. The highest BCUT2D eigenvalue weighted by Crippen LogP contribution is 2.33. The number of benzene rings is 2. The molecule has 0 aliphatic carbocycles. The zero-order chi connectivity index (χ0) is 28.7. The molecule has 0 unspecified atom stereocenters. The number of pyridine rings is 2. The lowest BCUT2D eigenvalue weighted by Gasteiger charge is -2.16. The van der Waals surface area contributed by atoms with E-state index >= 15 is 0 Å². The zero-order valence-corrected chi connectivity index (χ0v) is 23.1. The smallest absolute Gasteiger partial charge is 0.163 e. The molecule has 0 bridgehead atoms. The average Bonchev–Trinajstić information content (AvgIpc) is 3.03. The van der Waals surface area contributed by atoms with E-state index < -0.39 is 0 Å². The molecule has 0 radical (unpaired) electrons. The Labute approximate surface area is 244 Å². The molecular weight excluding hydrogens is 536 g/mol. The first-order valence-electron chi connectivity index (χ1n) is 13.7. The van der Waals surface area contributed by atoms with Gasteiger partial charge in [0.25, 0.3) is 0 Å². The van der Waals surface area contributed by atoms with Gasteiger partial charge in [-0.2, -0.15) is 0 Å². The maximum absolute atomic E-state index is 5.99. The van der Waals surface area contributed by atoms with Crippen molar-refractivity contribution in [3.05, 3.63) is 96.6 Å². The molecule has 0 amide bonds. The predicted molar refractivity (Wildman–Crippen MR) is 159 cm³/mol. The van der Waals surface area contributed by atoms with E-state index in [0.717, 1.165) is 22.8 Å². The maximum Gasteiger partial charge on any atom is 0.163 e. The maximum atomic E-state index is 5.99. The van der Waals surface area contributed by atoms with Crippen LogP contribution in [0, 0.1) is 0 Å². The zero-order valence-electron chi connectivity index (χ0n) is 23.1. The topological polar surface area (TPSA) is 106 Å². The Hall–Kier alpha value is -4.80. The summed E-state index contributed by atoms with van der Waals surface area (Å²) >= 11 is 0. The fourth-order valence-corrected chi connectivity index (χ4v) is 3.85. The average molecular weight is 569 g/mol. The molecule has 1 aliphatic heterocycles. The van der Waals surface area contributed by atoms with Gasteiger partial charge >= 0.3 is 0 Å². The molecule has 42 heavy (non-hydrogen) atoms. The molecule has 0 atom stereocenters. The SMILES string of the molecule is C(=Nc1ccc2c(c1)OCCOCCOc1ccc(N=Cc3ccccn3)cc1OCCOCCO2)c1ccccn1. The van der Waals surface area contributed by atoms with Gasteiger partial charge in [-0.15, -0.1) is 0 Å². The summed E-state index contributed by atoms with van der Waals surface area (Å²) in [5.74, 6) is 2.35. The molecule has 2 aromatic heterocycles. The van der Waals surface area contributed by atoms with Crippen LogP contribution in [0.1, 0.15) is 11.4 Å². The van der Waals surface area contributed by atoms with Crippen LogP contribution >= 0.6 is 0 Å². The standard InChI is InChI=1S/C32H32N4O6/c1-3-11-33-27(5-1)23-35-25-7-9-29-31(21-25)41-19-15-37-14-18-40-30-10-8-26(36-24-28-6-2-4-12-34-28)22-32(30)42-20-16-38-13-17-39-29/h1-12,21-24H,13-20H2. The molecule has 0 fully saturated rings. The van der Waals surface area contributed by atoms with Gasteiger partial charge in [-0.1, -0.05) is 12.1 Å². The number of aliphatic imine (C=N–C) groups is 2. The van der Waals surface area contributed by atoms with Crippen LogP contribution in [0.5, 0.6) is 23.0 Å². The van der Waals surface area contributed by atoms with Gasteiger partial charge in [0.1, 0.15) is 26.4 Å². The second kappa shape index (κ2) is 15.8. The van der Waals surface area contributed by atoms with Gasteiger partial charge in [-0.3, -0.25) is 20.0 Å². The lowest BCUT2D eigenvalue weighted by atomic mass is 10.2. The Bertz CT molecular complexity index is 1340. The molecule has 3 heterocycles. The third-order valence-corrected chi connectivity index (χ3v) is 5.86. The quantitative estimate of drug-likeness (QED) is 0.308. The monoisotopic (exact) mass is 568 g/mol. The lowest BCUT2D eigenvalue weighted by molar-refractivity contribution is 0.0640. The summed E-state index contributed by atoms with van der Waals surface area (Å²) in [6, 6.07) is 22.4. The molecule has 10 heteroatoms. The van der Waals surface area contributed by atoms with Gasteiger partial charge in [-0.25, -0.2) is 0 Å². The molecule has 0 saturated carbocycles. The van der Waals surface area contributed by atoms with E-state index in [9.17, 15) is 0 Å². The Morgan fingerprint density at radius 3 is 1.31 bits per heavy atom. The summed E-state index contributed by atoms with van der Waals surface area (Å²) in [6.07, 6.45) is 6.86. The van der Waals surface area contributed by atoms with Crippen molar-refractivity contribution < 1.29 is 28.4 Å². The summed E-state index contributed by atoms with van der Waals surface area (Å²) < 4.78 is 35.4. The van der Waals surface area contributed by atoms with Gasteiger partial charge in [0, 0.05) is 24.5 Å². The van der Waals surface area contributed by atoms with Crippen LogP contribution in [0.25, 0.3) is 0 Å². The Morgan fingerprint density at radius 2 is 0.905 bits per heavy atom. The molecule has 0 spiro atoms. The van der Waals surface area contributed by atoms with Crippen molar-refractivity contribution in [2.24, 2.45) is 9.98 Å². The molecule has 1 aliphatic rings. The Kier molecular flexibility index (Phi) is 10.8. The van der Waals surface area contributed by atoms with E-state index in [2.05, 4.69) is 20.0 Å². The van der Waals surface area contributed by atoms with Crippen LogP contribution in [-0.4, -0.2) is 75.3 Å². The third-order valence-electron chi connectivity index (χ3n) is 5.86. The normalized spacial score (nSPS) is 15.2. The van der Waals surface area contributed by atoms with Crippen LogP contribution < -0.4 is 18.9 Å². The molecule has 216 valence electrons. The number of aromatic nitrogens is 2. The van der Waals surface area contributed by atoms with Gasteiger partial charge in [-0.05, 0) is 48.5 Å². The summed E-state index contributed by atoms with van der Waals surface area (Å²) in [7, 11) is 0. The summed E-state index contributed by atoms with van der Waals surface area (Å²) in [4.78, 5) is 17.6. The molecule has 0 saturated heterocycles. The van der Waals surface area contributed by atoms with Crippen LogP contribution in [0.4, 0.5) is 11.4 Å². The largest absolute Gasteiger partial charge is 0.487 e. The number of fused-ring (bicyclic) bond motifs is 2. The lowest BCUT2D eigenvalue weighted by Crippen LogP contribution is -2.15. The fraction of sp³-hybridized carbons (Fsp3) is 0.250. The van der Waals surface area contributed by atoms with E-state index in [1.807, 2.05) is 72.8 Å². The summed E-state index contributed by atoms with van der Waals surface area (Å²) in [6.45, 7) is 2.85. The number of nitrogens with zero attached hydrogens (tertiary/aromatic N) is 4. The van der Waals surface area contributed by atoms with E-state index in [0.29, 0.717) is 75.9 Å². The van der Waals surface area contributed by atoms with Crippen molar-refractivity contribution >= 4 is 23.8 Å². The number of rotatable bonds is 4. The molecule has 5 rings (SSSR count). The van der Waals surface area contributed by atoms with E-state index in [1.54, 1.807) is 24.8 Å². The van der Waals surface area contributed by atoms with Gasteiger partial charge in [0.2, 0.25) is 0 Å². The predicted octanol–water partition coefficient (Wildman–Crippen LogP) is 5.24. The highest BCUT2D eigenvalue weighted by molar-refractivity contribution is 5.80. The first-order valence-corrected chi connectivity index (χ1v) is 13.7. The van der Waals surface area contributed by atoms with Crippen LogP contribution in [0.15, 0.2) is 95.2 Å². The highest BCUT2D eigenvalue weighted by atomic mass is 16.6. The fourth-order valence-electron chi connectivity index (χ4n) is 3.85. The minimum atomic E-state index is 0.331. The van der Waals surface area contributed by atoms with Crippen LogP contribution in [-0.2, 0) is 9.47 Å². The van der Waals surface area contributed by atoms with E-state index in [4.69, 9.17) is 28.4 Å². The van der Waals surface area contributed by atoms with Gasteiger partial charge < -0.3 is 28.4 Å². The van der Waals surface area contributed by atoms with E-state index in [-0.39, 0.29) is 0 Å². The number of ether oxygens (including phenoxy) is 6. The van der Waals surface area contributed by atoms with Crippen molar-refractivity contribution in [2.75, 3.05) is 52.9 Å². The number of hydrogen-bond donors (Lipinski definition) is 0. The Morgan fingerprint density at radius 1 is 0.476 bits per heavy atom. The van der Waals surface area contributed by atoms with Crippen LogP contribution in [0.3, 0.4) is 0 Å². The van der Waals surface area contributed by atoms with Crippen molar-refractivity contribution in [2.45, 2.75) is 0 Å². The molecular formula is C32H32N4O6. The van der Waals surface area contributed by atoms with E-state index in [1.165, 1.54) is 0 Å². The van der Waals surface area contributed by atoms with Crippen molar-refractivity contribution in [3.8, 4) is 23.0 Å². The Balaban J connectivity index is 1.19. The molecule has 4 aromatic rings. The van der Waals surface area contributed by atoms with Crippen molar-refractivity contribution in [3.63, 3.8) is 0 Å². The second-order valence-electron chi connectivity index (χ2n) is 8.91. The minimum Gasteiger partial charge on any atom is -0.487 e. The molecule has 2 aromatic carbocycles. The minimum absolute atomic E-state index is 0.331. The van der Waals surface area contributed by atoms with Crippen molar-refractivity contribution in [1.29, 1.82) is 0 Å². The second-order valence-corrected chi connectivity index (χ2v) is 8.91. The van der Waals surface area contributed by atoms with Gasteiger partial charge in [0.15, 0.2) is 23.0 Å². The summed E-state index contributed by atoms with van der Waals surface area (Å²) in [5.41, 5.74) is 2.97. The van der Waals surface area contributed by atoms with Crippen LogP contribution in [0.2, 0.25) is 0 Å².